The number of nitrogens with zero attached hydrogens (tertiary/aromatic N) is 2. The summed E-state index contributed by atoms with van der Waals surface area (Å²) in [7, 11) is 4.69. The maximum absolute atomic E-state index is 12.9. The number of halogens is 2. The number of anilines is 1. The van der Waals surface area contributed by atoms with E-state index in [-0.39, 0.29) is 37.1 Å². The minimum atomic E-state index is -2.89. The summed E-state index contributed by atoms with van der Waals surface area (Å²) in [4.78, 5) is 28.5. The number of carbonyl (C=O) groups excluding carboxylic acids is 2. The molecule has 1 heterocycles. The molecule has 2 aromatic carbocycles. The fourth-order valence-electron chi connectivity index (χ4n) is 3.56. The van der Waals surface area contributed by atoms with Crippen molar-refractivity contribution in [3.8, 4) is 17.2 Å². The zero-order valence-electron chi connectivity index (χ0n) is 17.5. The van der Waals surface area contributed by atoms with Gasteiger partial charge in [0.25, 0.3) is 0 Å². The molecule has 0 bridgehead atoms. The van der Waals surface area contributed by atoms with E-state index in [0.717, 1.165) is 5.56 Å². The van der Waals surface area contributed by atoms with Crippen molar-refractivity contribution in [1.82, 2.24) is 4.90 Å². The van der Waals surface area contributed by atoms with Crippen LogP contribution in [0.3, 0.4) is 0 Å². The van der Waals surface area contributed by atoms with E-state index in [1.54, 1.807) is 42.3 Å². The van der Waals surface area contributed by atoms with Gasteiger partial charge in [-0.3, -0.25) is 9.59 Å². The van der Waals surface area contributed by atoms with Crippen molar-refractivity contribution >= 4 is 17.5 Å². The monoisotopic (exact) mass is 434 g/mol. The molecular weight excluding hydrogens is 410 g/mol. The van der Waals surface area contributed by atoms with Crippen LogP contribution in [0.15, 0.2) is 42.5 Å². The maximum Gasteiger partial charge on any atom is 0.387 e. The minimum Gasteiger partial charge on any atom is -0.493 e. The number of carbonyl (C=O) groups is 2. The van der Waals surface area contributed by atoms with Crippen LogP contribution in [0.25, 0.3) is 0 Å². The van der Waals surface area contributed by atoms with Crippen molar-refractivity contribution in [2.24, 2.45) is 5.92 Å². The van der Waals surface area contributed by atoms with E-state index in [2.05, 4.69) is 4.74 Å². The van der Waals surface area contributed by atoms with Gasteiger partial charge in [-0.05, 0) is 29.8 Å². The highest BCUT2D eigenvalue weighted by atomic mass is 19.3. The predicted molar refractivity (Wildman–Crippen MR) is 110 cm³/mol. The quantitative estimate of drug-likeness (QED) is 0.638. The summed E-state index contributed by atoms with van der Waals surface area (Å²) >= 11 is 0. The van der Waals surface area contributed by atoms with Crippen LogP contribution >= 0.6 is 0 Å². The summed E-state index contributed by atoms with van der Waals surface area (Å²) in [5, 5.41) is 0. The van der Waals surface area contributed by atoms with Crippen molar-refractivity contribution in [3.05, 3.63) is 48.0 Å². The third-order valence-electron chi connectivity index (χ3n) is 5.10. The zero-order chi connectivity index (χ0) is 22.5. The molecule has 3 rings (SSSR count). The molecule has 1 fully saturated rings. The first-order valence-corrected chi connectivity index (χ1v) is 9.63. The van der Waals surface area contributed by atoms with Crippen molar-refractivity contribution in [2.75, 3.05) is 32.7 Å². The van der Waals surface area contributed by atoms with Crippen LogP contribution in [0.2, 0.25) is 0 Å². The Bertz CT molecular complexity index is 936. The molecule has 0 spiro atoms. The Morgan fingerprint density at radius 1 is 1.13 bits per heavy atom. The molecule has 1 aliphatic heterocycles. The molecule has 1 atom stereocenters. The normalized spacial score (nSPS) is 15.9. The number of hydrogen-bond acceptors (Lipinski definition) is 5. The topological polar surface area (TPSA) is 68.3 Å². The molecule has 1 aliphatic rings. The minimum absolute atomic E-state index is 0.0553. The third kappa shape index (κ3) is 5.22. The number of rotatable bonds is 8. The van der Waals surface area contributed by atoms with E-state index >= 15 is 0 Å². The van der Waals surface area contributed by atoms with Gasteiger partial charge in [-0.15, -0.1) is 0 Å². The Morgan fingerprint density at radius 2 is 1.81 bits per heavy atom. The van der Waals surface area contributed by atoms with Gasteiger partial charge in [0.15, 0.2) is 11.5 Å². The summed E-state index contributed by atoms with van der Waals surface area (Å²) in [6, 6.07) is 11.3. The highest BCUT2D eigenvalue weighted by Gasteiger charge is 2.36. The number of benzene rings is 2. The van der Waals surface area contributed by atoms with Crippen LogP contribution in [0.4, 0.5) is 14.5 Å². The largest absolute Gasteiger partial charge is 0.493 e. The molecule has 1 saturated heterocycles. The summed E-state index contributed by atoms with van der Waals surface area (Å²) < 4.78 is 39.3. The first-order valence-electron chi connectivity index (χ1n) is 9.63. The van der Waals surface area contributed by atoms with E-state index in [9.17, 15) is 18.4 Å². The molecule has 2 amide bonds. The summed E-state index contributed by atoms with van der Waals surface area (Å²) in [6.07, 6.45) is 0.110. The maximum atomic E-state index is 12.9. The van der Waals surface area contributed by atoms with Crippen LogP contribution in [0.5, 0.6) is 17.2 Å². The summed E-state index contributed by atoms with van der Waals surface area (Å²) in [5.74, 6) is 0.317. The number of amides is 2. The zero-order valence-corrected chi connectivity index (χ0v) is 17.5. The lowest BCUT2D eigenvalue weighted by Crippen LogP contribution is -2.34. The summed E-state index contributed by atoms with van der Waals surface area (Å²) in [6.45, 7) is -2.34. The molecule has 0 saturated carbocycles. The van der Waals surface area contributed by atoms with Crippen molar-refractivity contribution in [1.29, 1.82) is 0 Å². The first-order chi connectivity index (χ1) is 14.8. The first kappa shape index (κ1) is 22.3. The molecule has 7 nitrogen and oxygen atoms in total. The SMILES string of the molecule is COc1ccc(N2CC(C(=O)N(C)Cc3ccc(OC(F)F)cc3)CC2=O)cc1OC. The molecular formula is C22H24F2N2O5. The second kappa shape index (κ2) is 9.63. The fourth-order valence-corrected chi connectivity index (χ4v) is 3.56. The molecule has 166 valence electrons. The Labute approximate surface area is 179 Å². The fraction of sp³-hybridized carbons (Fsp3) is 0.364. The second-order valence-corrected chi connectivity index (χ2v) is 7.16. The van der Waals surface area contributed by atoms with Crippen molar-refractivity contribution in [3.63, 3.8) is 0 Å². The smallest absolute Gasteiger partial charge is 0.387 e. The Kier molecular flexibility index (Phi) is 6.94. The number of alkyl halides is 2. The lowest BCUT2D eigenvalue weighted by molar-refractivity contribution is -0.135. The summed E-state index contributed by atoms with van der Waals surface area (Å²) in [5.41, 5.74) is 1.40. The van der Waals surface area contributed by atoms with Crippen LogP contribution in [0.1, 0.15) is 12.0 Å². The lowest BCUT2D eigenvalue weighted by atomic mass is 10.1. The molecule has 0 aliphatic carbocycles. The lowest BCUT2D eigenvalue weighted by Gasteiger charge is -2.22. The average molecular weight is 434 g/mol. The Morgan fingerprint density at radius 3 is 2.42 bits per heavy atom. The van der Waals surface area contributed by atoms with Gasteiger partial charge in [0, 0.05) is 38.3 Å². The molecule has 2 aromatic rings. The van der Waals surface area contributed by atoms with Crippen LogP contribution < -0.4 is 19.1 Å². The van der Waals surface area contributed by atoms with E-state index in [0.29, 0.717) is 17.2 Å². The Balaban J connectivity index is 1.64. The van der Waals surface area contributed by atoms with Crippen LogP contribution in [0, 0.1) is 5.92 Å². The van der Waals surface area contributed by atoms with E-state index in [1.807, 2.05) is 0 Å². The van der Waals surface area contributed by atoms with Gasteiger partial charge in [-0.2, -0.15) is 8.78 Å². The Hall–Kier alpha value is -3.36. The number of ether oxygens (including phenoxy) is 3. The van der Waals surface area contributed by atoms with Crippen LogP contribution in [-0.2, 0) is 16.1 Å². The van der Waals surface area contributed by atoms with Crippen molar-refractivity contribution in [2.45, 2.75) is 19.6 Å². The molecule has 0 radical (unpaired) electrons. The van der Waals surface area contributed by atoms with E-state index < -0.39 is 12.5 Å². The van der Waals surface area contributed by atoms with Gasteiger partial charge in [-0.1, -0.05) is 12.1 Å². The van der Waals surface area contributed by atoms with Gasteiger partial charge >= 0.3 is 6.61 Å². The molecule has 31 heavy (non-hydrogen) atoms. The molecule has 0 aromatic heterocycles. The second-order valence-electron chi connectivity index (χ2n) is 7.16. The molecule has 1 unspecified atom stereocenters. The molecule has 9 heteroatoms. The van der Waals surface area contributed by atoms with Crippen molar-refractivity contribution < 1.29 is 32.6 Å². The number of hydrogen-bond donors (Lipinski definition) is 0. The average Bonchev–Trinajstić information content (AvgIpc) is 3.15. The van der Waals surface area contributed by atoms with Gasteiger partial charge in [0.05, 0.1) is 20.1 Å². The third-order valence-corrected chi connectivity index (χ3v) is 5.10. The highest BCUT2D eigenvalue weighted by molar-refractivity contribution is 6.00. The number of methoxy groups -OCH3 is 2. The van der Waals surface area contributed by atoms with E-state index in [1.165, 1.54) is 31.3 Å². The predicted octanol–water partition coefficient (Wildman–Crippen LogP) is 3.32. The van der Waals surface area contributed by atoms with Gasteiger partial charge in [-0.25, -0.2) is 0 Å². The standard InChI is InChI=1S/C22H24F2N2O5/c1-25(12-14-4-7-17(8-5-14)31-22(23)24)21(28)15-10-20(27)26(13-15)16-6-9-18(29-2)19(11-16)30-3/h4-9,11,15,22H,10,12-13H2,1-3H3. The van der Waals surface area contributed by atoms with Gasteiger partial charge in [0.2, 0.25) is 11.8 Å². The van der Waals surface area contributed by atoms with Gasteiger partial charge < -0.3 is 24.0 Å². The molecule has 0 N–H and O–H groups in total. The highest BCUT2D eigenvalue weighted by Crippen LogP contribution is 2.34. The van der Waals surface area contributed by atoms with E-state index in [4.69, 9.17) is 9.47 Å². The van der Waals surface area contributed by atoms with Gasteiger partial charge in [0.1, 0.15) is 5.75 Å². The van der Waals surface area contributed by atoms with Crippen LogP contribution in [-0.4, -0.2) is 51.1 Å².